The molecule has 1 heterocycles. The van der Waals surface area contributed by atoms with Gasteiger partial charge in [0.2, 0.25) is 5.91 Å². The molecule has 3 rings (SSSR count). The van der Waals surface area contributed by atoms with Gasteiger partial charge in [0, 0.05) is 40.7 Å². The normalized spacial score (nSPS) is 17.9. The minimum Gasteiger partial charge on any atom is -0.374 e. The summed E-state index contributed by atoms with van der Waals surface area (Å²) < 4.78 is 42.8. The van der Waals surface area contributed by atoms with E-state index in [0.717, 1.165) is 17.0 Å². The number of imide groups is 1. The number of hydrogen-bond acceptors (Lipinski definition) is 5. The molecule has 0 saturated heterocycles. The minimum atomic E-state index is -4.84. The number of amides is 2. The molecule has 0 fully saturated rings. The fourth-order valence-corrected chi connectivity index (χ4v) is 4.34. The number of aryl methyl sites for hydroxylation is 1. The van der Waals surface area contributed by atoms with E-state index in [9.17, 15) is 22.8 Å². The maximum Gasteiger partial charge on any atom is 0.435 e. The Bertz CT molecular complexity index is 1330. The van der Waals surface area contributed by atoms with Gasteiger partial charge in [-0.3, -0.25) is 9.59 Å². The van der Waals surface area contributed by atoms with Gasteiger partial charge in [-0.05, 0) is 61.4 Å². The molecule has 11 heteroatoms. The standard InChI is InChI=1S/C26H22Cl2F3N3O3/c1-5-9-32-23(6-2)34(16(4)35)24(36)21-8-7-17(10-15(21)3)22-14-25(37-33-22,26(29,30)31)18-11-19(27)13-20(28)12-18/h5-13H,2,14H2,1,3-4H3/b9-5-,32-23+. The fourth-order valence-electron chi connectivity index (χ4n) is 3.81. The zero-order chi connectivity index (χ0) is 27.5. The Morgan fingerprint density at radius 2 is 1.84 bits per heavy atom. The van der Waals surface area contributed by atoms with Crippen LogP contribution in [0.5, 0.6) is 0 Å². The van der Waals surface area contributed by atoms with Gasteiger partial charge in [-0.25, -0.2) is 9.89 Å². The van der Waals surface area contributed by atoms with Crippen LogP contribution in [0.1, 0.15) is 47.3 Å². The summed E-state index contributed by atoms with van der Waals surface area (Å²) in [7, 11) is 0. The maximum absolute atomic E-state index is 14.3. The first kappa shape index (κ1) is 28.1. The molecule has 0 N–H and O–H groups in total. The molecule has 1 unspecified atom stereocenters. The van der Waals surface area contributed by atoms with Gasteiger partial charge in [0.1, 0.15) is 5.84 Å². The van der Waals surface area contributed by atoms with Gasteiger partial charge < -0.3 is 4.84 Å². The van der Waals surface area contributed by atoms with Crippen molar-refractivity contribution in [1.82, 2.24) is 4.90 Å². The van der Waals surface area contributed by atoms with Crippen molar-refractivity contribution >= 4 is 46.6 Å². The van der Waals surface area contributed by atoms with E-state index in [0.29, 0.717) is 11.1 Å². The summed E-state index contributed by atoms with van der Waals surface area (Å²) in [5.41, 5.74) is -2.19. The second-order valence-electron chi connectivity index (χ2n) is 8.15. The topological polar surface area (TPSA) is 71.3 Å². The molecule has 6 nitrogen and oxygen atoms in total. The molecule has 37 heavy (non-hydrogen) atoms. The van der Waals surface area contributed by atoms with Crippen molar-refractivity contribution in [1.29, 1.82) is 0 Å². The van der Waals surface area contributed by atoms with E-state index in [1.165, 1.54) is 43.5 Å². The molecule has 2 aromatic rings. The zero-order valence-corrected chi connectivity index (χ0v) is 21.6. The Balaban J connectivity index is 1.97. The third-order valence-electron chi connectivity index (χ3n) is 5.59. The molecule has 1 aliphatic rings. The molecule has 0 saturated carbocycles. The lowest BCUT2D eigenvalue weighted by atomic mass is 9.86. The van der Waals surface area contributed by atoms with E-state index >= 15 is 0 Å². The van der Waals surface area contributed by atoms with E-state index in [1.807, 2.05) is 0 Å². The number of rotatable bonds is 5. The lowest BCUT2D eigenvalue weighted by Crippen LogP contribution is -2.42. The van der Waals surface area contributed by atoms with E-state index in [2.05, 4.69) is 16.7 Å². The van der Waals surface area contributed by atoms with Gasteiger partial charge in [-0.2, -0.15) is 13.2 Å². The van der Waals surface area contributed by atoms with Crippen LogP contribution in [-0.4, -0.2) is 34.4 Å². The zero-order valence-electron chi connectivity index (χ0n) is 20.1. The van der Waals surface area contributed by atoms with Crippen LogP contribution in [0.15, 0.2) is 71.5 Å². The molecule has 0 radical (unpaired) electrons. The first-order chi connectivity index (χ1) is 17.3. The second-order valence-corrected chi connectivity index (χ2v) is 9.02. The number of alkyl halides is 3. The molecule has 0 bridgehead atoms. The molecule has 2 aromatic carbocycles. The lowest BCUT2D eigenvalue weighted by Gasteiger charge is -2.29. The van der Waals surface area contributed by atoms with Gasteiger partial charge in [0.15, 0.2) is 0 Å². The quantitative estimate of drug-likeness (QED) is 0.297. The highest BCUT2D eigenvalue weighted by Crippen LogP contribution is 2.49. The molecule has 194 valence electrons. The molecule has 1 aliphatic heterocycles. The summed E-state index contributed by atoms with van der Waals surface area (Å²) in [4.78, 5) is 35.4. The monoisotopic (exact) mass is 551 g/mol. The summed E-state index contributed by atoms with van der Waals surface area (Å²) >= 11 is 11.9. The first-order valence-corrected chi connectivity index (χ1v) is 11.7. The van der Waals surface area contributed by atoms with Crippen molar-refractivity contribution in [2.75, 3.05) is 0 Å². The van der Waals surface area contributed by atoms with Crippen molar-refractivity contribution in [2.45, 2.75) is 39.0 Å². The average Bonchev–Trinajstić information content (AvgIpc) is 3.27. The summed E-state index contributed by atoms with van der Waals surface area (Å²) in [6.45, 7) is 8.12. The first-order valence-electron chi connectivity index (χ1n) is 10.9. The highest BCUT2D eigenvalue weighted by atomic mass is 35.5. The van der Waals surface area contributed by atoms with Crippen molar-refractivity contribution in [3.8, 4) is 0 Å². The highest BCUT2D eigenvalue weighted by Gasteiger charge is 2.62. The van der Waals surface area contributed by atoms with E-state index in [1.54, 1.807) is 19.9 Å². The van der Waals surface area contributed by atoms with Gasteiger partial charge in [0.05, 0.1) is 5.71 Å². The predicted octanol–water partition coefficient (Wildman–Crippen LogP) is 6.99. The fraction of sp³-hybridized carbons (Fsp3) is 0.231. The van der Waals surface area contributed by atoms with Crippen LogP contribution in [0, 0.1) is 6.92 Å². The third kappa shape index (κ3) is 5.62. The van der Waals surface area contributed by atoms with Crippen LogP contribution in [-0.2, 0) is 15.2 Å². The largest absolute Gasteiger partial charge is 0.435 e. The smallest absolute Gasteiger partial charge is 0.374 e. The van der Waals surface area contributed by atoms with E-state index in [-0.39, 0.29) is 32.7 Å². The number of hydrogen-bond donors (Lipinski definition) is 0. The predicted molar refractivity (Wildman–Crippen MR) is 137 cm³/mol. The average molecular weight is 552 g/mol. The van der Waals surface area contributed by atoms with Crippen molar-refractivity contribution in [2.24, 2.45) is 10.1 Å². The van der Waals surface area contributed by atoms with Gasteiger partial charge in [0.25, 0.3) is 11.5 Å². The number of carbonyl (C=O) groups excluding carboxylic acids is 2. The Morgan fingerprint density at radius 3 is 2.35 bits per heavy atom. The molecule has 0 aliphatic carbocycles. The van der Waals surface area contributed by atoms with Crippen LogP contribution in [0.2, 0.25) is 10.0 Å². The van der Waals surface area contributed by atoms with Gasteiger partial charge in [-0.15, -0.1) is 0 Å². The Hall–Kier alpha value is -3.43. The number of aliphatic imine (C=N–C) groups is 1. The Kier molecular flexibility index (Phi) is 8.29. The van der Waals surface area contributed by atoms with Gasteiger partial charge in [-0.1, -0.05) is 47.1 Å². The van der Waals surface area contributed by atoms with E-state index in [4.69, 9.17) is 28.0 Å². The van der Waals surface area contributed by atoms with Crippen LogP contribution in [0.3, 0.4) is 0 Å². The number of allylic oxidation sites excluding steroid dienone is 1. The van der Waals surface area contributed by atoms with Crippen LogP contribution in [0.25, 0.3) is 0 Å². The number of carbonyl (C=O) groups is 2. The second kappa shape index (κ2) is 10.9. The minimum absolute atomic E-state index is 0.0142. The lowest BCUT2D eigenvalue weighted by molar-refractivity contribution is -0.275. The van der Waals surface area contributed by atoms with Crippen molar-refractivity contribution < 1.29 is 27.6 Å². The number of amidine groups is 1. The molecule has 0 spiro atoms. The Labute approximate surface area is 221 Å². The number of benzene rings is 2. The third-order valence-corrected chi connectivity index (χ3v) is 6.03. The maximum atomic E-state index is 14.3. The van der Waals surface area contributed by atoms with Crippen LogP contribution in [0.4, 0.5) is 13.2 Å². The summed E-state index contributed by atoms with van der Waals surface area (Å²) in [6, 6.07) is 7.94. The summed E-state index contributed by atoms with van der Waals surface area (Å²) in [5, 5.41) is 3.78. The van der Waals surface area contributed by atoms with Crippen molar-refractivity contribution in [3.05, 3.63) is 93.6 Å². The molecule has 1 atom stereocenters. The van der Waals surface area contributed by atoms with Crippen LogP contribution >= 0.6 is 23.2 Å². The summed E-state index contributed by atoms with van der Waals surface area (Å²) in [5.74, 6) is -1.22. The van der Waals surface area contributed by atoms with Gasteiger partial charge >= 0.3 is 6.18 Å². The SMILES string of the molecule is C=C/C(=N\C=C/C)N(C(C)=O)C(=O)c1ccc(C2=NOC(c3cc(Cl)cc(Cl)c3)(C(F)(F)F)C2)cc1C. The molecular formula is C26H22Cl2F3N3O3. The summed E-state index contributed by atoms with van der Waals surface area (Å²) in [6.07, 6.45) is -1.18. The van der Waals surface area contributed by atoms with E-state index < -0.39 is 30.0 Å². The Morgan fingerprint density at radius 1 is 1.19 bits per heavy atom. The van der Waals surface area contributed by atoms with Crippen LogP contribution < -0.4 is 0 Å². The number of oxime groups is 1. The number of halogens is 5. The number of nitrogens with zero attached hydrogens (tertiary/aromatic N) is 3. The van der Waals surface area contributed by atoms with Crippen molar-refractivity contribution in [3.63, 3.8) is 0 Å². The molecule has 2 amide bonds. The molecular weight excluding hydrogens is 530 g/mol. The molecule has 0 aromatic heterocycles. The highest BCUT2D eigenvalue weighted by molar-refractivity contribution is 6.34.